The number of nitrogens with one attached hydrogen (secondary N) is 1. The maximum Gasteiger partial charge on any atom is 0.221 e. The van der Waals surface area contributed by atoms with E-state index in [2.05, 4.69) is 44.3 Å². The number of aryl methyl sites for hydroxylation is 2. The molecule has 3 heteroatoms. The first kappa shape index (κ1) is 13.3. The second-order valence-electron chi connectivity index (χ2n) is 5.13. The first-order chi connectivity index (χ1) is 8.56. The van der Waals surface area contributed by atoms with Gasteiger partial charge in [-0.25, -0.2) is 0 Å². The normalized spacial score (nSPS) is 20.1. The molecule has 0 fully saturated rings. The molecule has 0 saturated carbocycles. The van der Waals surface area contributed by atoms with E-state index >= 15 is 0 Å². The fourth-order valence-electron chi connectivity index (χ4n) is 2.56. The summed E-state index contributed by atoms with van der Waals surface area (Å²) in [6, 6.07) is 2.30. The van der Waals surface area contributed by atoms with E-state index in [1.807, 2.05) is 0 Å². The zero-order valence-electron chi connectivity index (χ0n) is 11.3. The average Bonchev–Trinajstić information content (AvgIpc) is 2.88. The molecule has 0 saturated heterocycles. The SMILES string of the molecule is Cc1cc([C@@H](C)NC(=O)C[C@@H]2C=CCC2)c(C)s1. The Balaban J connectivity index is 1.90. The summed E-state index contributed by atoms with van der Waals surface area (Å²) in [7, 11) is 0. The molecule has 1 amide bonds. The number of allylic oxidation sites excluding steroid dienone is 2. The van der Waals surface area contributed by atoms with Crippen LogP contribution >= 0.6 is 11.3 Å². The third-order valence-corrected chi connectivity index (χ3v) is 4.47. The molecule has 98 valence electrons. The molecule has 18 heavy (non-hydrogen) atoms. The molecule has 1 aliphatic carbocycles. The highest BCUT2D eigenvalue weighted by molar-refractivity contribution is 7.12. The van der Waals surface area contributed by atoms with Crippen molar-refractivity contribution in [2.75, 3.05) is 0 Å². The minimum absolute atomic E-state index is 0.118. The Morgan fingerprint density at radius 3 is 2.89 bits per heavy atom. The van der Waals surface area contributed by atoms with Crippen molar-refractivity contribution in [2.24, 2.45) is 5.92 Å². The zero-order valence-corrected chi connectivity index (χ0v) is 12.1. The molecule has 0 radical (unpaired) electrons. The van der Waals surface area contributed by atoms with E-state index in [1.165, 1.54) is 15.3 Å². The van der Waals surface area contributed by atoms with Gasteiger partial charge >= 0.3 is 0 Å². The number of carbonyl (C=O) groups is 1. The lowest BCUT2D eigenvalue weighted by molar-refractivity contribution is -0.122. The Hall–Kier alpha value is -1.09. The van der Waals surface area contributed by atoms with E-state index in [-0.39, 0.29) is 11.9 Å². The second-order valence-corrected chi connectivity index (χ2v) is 6.59. The standard InChI is InChI=1S/C15H21NOS/c1-10-8-14(12(3)18-10)11(2)16-15(17)9-13-6-4-5-7-13/h4,6,8,11,13H,5,7,9H2,1-3H3,(H,16,17)/t11-,13-/m1/s1. The zero-order chi connectivity index (χ0) is 13.1. The summed E-state index contributed by atoms with van der Waals surface area (Å²) in [6.07, 6.45) is 7.22. The third kappa shape index (κ3) is 3.22. The molecule has 1 aromatic heterocycles. The van der Waals surface area contributed by atoms with Crippen LogP contribution in [0.25, 0.3) is 0 Å². The number of amides is 1. The number of thiophene rings is 1. The van der Waals surface area contributed by atoms with Gasteiger partial charge in [-0.3, -0.25) is 4.79 Å². The second kappa shape index (κ2) is 5.70. The molecule has 1 aromatic rings. The predicted molar refractivity (Wildman–Crippen MR) is 76.8 cm³/mol. The topological polar surface area (TPSA) is 29.1 Å². The van der Waals surface area contributed by atoms with E-state index < -0.39 is 0 Å². The lowest BCUT2D eigenvalue weighted by Gasteiger charge is -2.15. The van der Waals surface area contributed by atoms with E-state index in [0.717, 1.165) is 12.8 Å². The summed E-state index contributed by atoms with van der Waals surface area (Å²) < 4.78 is 0. The number of carbonyl (C=O) groups excluding carboxylic acids is 1. The Labute approximate surface area is 113 Å². The van der Waals surface area contributed by atoms with Gasteiger partial charge in [0.25, 0.3) is 0 Å². The Morgan fingerprint density at radius 1 is 1.56 bits per heavy atom. The van der Waals surface area contributed by atoms with Crippen LogP contribution in [0.3, 0.4) is 0 Å². The lowest BCUT2D eigenvalue weighted by atomic mass is 10.0. The maximum absolute atomic E-state index is 12.0. The van der Waals surface area contributed by atoms with E-state index in [0.29, 0.717) is 12.3 Å². The van der Waals surface area contributed by atoms with Gasteiger partial charge in [-0.1, -0.05) is 12.2 Å². The molecule has 1 N–H and O–H groups in total. The molecule has 1 aliphatic rings. The van der Waals surface area contributed by atoms with Crippen molar-refractivity contribution < 1.29 is 4.79 Å². The van der Waals surface area contributed by atoms with Crippen LogP contribution in [0.2, 0.25) is 0 Å². The van der Waals surface area contributed by atoms with Gasteiger partial charge in [-0.05, 0) is 51.2 Å². The van der Waals surface area contributed by atoms with Crippen molar-refractivity contribution in [3.05, 3.63) is 33.5 Å². The quantitative estimate of drug-likeness (QED) is 0.820. The van der Waals surface area contributed by atoms with Gasteiger partial charge in [0.15, 0.2) is 0 Å². The van der Waals surface area contributed by atoms with Gasteiger partial charge in [-0.2, -0.15) is 0 Å². The van der Waals surface area contributed by atoms with Gasteiger partial charge in [0, 0.05) is 16.2 Å². The molecule has 2 atom stereocenters. The molecule has 0 bridgehead atoms. The predicted octanol–water partition coefficient (Wildman–Crippen LogP) is 3.90. The van der Waals surface area contributed by atoms with Crippen LogP contribution in [0, 0.1) is 19.8 Å². The highest BCUT2D eigenvalue weighted by Crippen LogP contribution is 2.26. The van der Waals surface area contributed by atoms with E-state index in [1.54, 1.807) is 11.3 Å². The Morgan fingerprint density at radius 2 is 2.33 bits per heavy atom. The molecular formula is C15H21NOS. The van der Waals surface area contributed by atoms with Crippen LogP contribution in [0.15, 0.2) is 18.2 Å². The summed E-state index contributed by atoms with van der Waals surface area (Å²) in [4.78, 5) is 14.6. The molecule has 2 rings (SSSR count). The molecule has 0 spiro atoms. The molecule has 0 unspecified atom stereocenters. The summed E-state index contributed by atoms with van der Waals surface area (Å²) in [6.45, 7) is 6.30. The minimum Gasteiger partial charge on any atom is -0.350 e. The summed E-state index contributed by atoms with van der Waals surface area (Å²) in [5, 5.41) is 3.11. The van der Waals surface area contributed by atoms with Gasteiger partial charge in [0.2, 0.25) is 5.91 Å². The van der Waals surface area contributed by atoms with Crippen LogP contribution < -0.4 is 5.32 Å². The number of hydrogen-bond donors (Lipinski definition) is 1. The van der Waals surface area contributed by atoms with Crippen LogP contribution in [-0.2, 0) is 4.79 Å². The fraction of sp³-hybridized carbons (Fsp3) is 0.533. The molecule has 2 nitrogen and oxygen atoms in total. The Bertz CT molecular complexity index is 461. The molecule has 0 aliphatic heterocycles. The third-order valence-electron chi connectivity index (χ3n) is 3.48. The van der Waals surface area contributed by atoms with Crippen LogP contribution in [0.1, 0.15) is 47.5 Å². The first-order valence-electron chi connectivity index (χ1n) is 6.59. The van der Waals surface area contributed by atoms with Gasteiger partial charge < -0.3 is 5.32 Å². The van der Waals surface area contributed by atoms with Crippen molar-refractivity contribution >= 4 is 17.2 Å². The molecular weight excluding hydrogens is 242 g/mol. The molecule has 1 heterocycles. The minimum atomic E-state index is 0.118. The van der Waals surface area contributed by atoms with Gasteiger partial charge in [0.1, 0.15) is 0 Å². The average molecular weight is 263 g/mol. The smallest absolute Gasteiger partial charge is 0.221 e. The summed E-state index contributed by atoms with van der Waals surface area (Å²) in [5.74, 6) is 0.616. The summed E-state index contributed by atoms with van der Waals surface area (Å²) in [5.41, 5.74) is 1.26. The van der Waals surface area contributed by atoms with Crippen molar-refractivity contribution in [3.8, 4) is 0 Å². The Kier molecular flexibility index (Phi) is 4.23. The van der Waals surface area contributed by atoms with Crippen molar-refractivity contribution in [1.29, 1.82) is 0 Å². The van der Waals surface area contributed by atoms with Gasteiger partial charge in [0.05, 0.1) is 6.04 Å². The van der Waals surface area contributed by atoms with Crippen molar-refractivity contribution in [3.63, 3.8) is 0 Å². The molecule has 0 aromatic carbocycles. The largest absolute Gasteiger partial charge is 0.350 e. The van der Waals surface area contributed by atoms with Gasteiger partial charge in [-0.15, -0.1) is 11.3 Å². The lowest BCUT2D eigenvalue weighted by Crippen LogP contribution is -2.27. The monoisotopic (exact) mass is 263 g/mol. The van der Waals surface area contributed by atoms with Crippen molar-refractivity contribution in [1.82, 2.24) is 5.32 Å². The summed E-state index contributed by atoms with van der Waals surface area (Å²) >= 11 is 1.80. The van der Waals surface area contributed by atoms with Crippen LogP contribution in [0.5, 0.6) is 0 Å². The van der Waals surface area contributed by atoms with E-state index in [4.69, 9.17) is 0 Å². The highest BCUT2D eigenvalue weighted by atomic mass is 32.1. The number of hydrogen-bond acceptors (Lipinski definition) is 2. The van der Waals surface area contributed by atoms with Crippen LogP contribution in [-0.4, -0.2) is 5.91 Å². The first-order valence-corrected chi connectivity index (χ1v) is 7.41. The fourth-order valence-corrected chi connectivity index (χ4v) is 3.58. The van der Waals surface area contributed by atoms with E-state index in [9.17, 15) is 4.79 Å². The highest BCUT2D eigenvalue weighted by Gasteiger charge is 2.17. The van der Waals surface area contributed by atoms with Crippen molar-refractivity contribution in [2.45, 2.75) is 46.1 Å². The number of rotatable bonds is 4. The van der Waals surface area contributed by atoms with Crippen LogP contribution in [0.4, 0.5) is 0 Å². The maximum atomic E-state index is 12.0.